The van der Waals surface area contributed by atoms with Crippen LogP contribution >= 0.6 is 11.6 Å². The molecule has 23 heavy (non-hydrogen) atoms. The van der Waals surface area contributed by atoms with Gasteiger partial charge in [-0.25, -0.2) is 4.98 Å². The first-order chi connectivity index (χ1) is 11.2. The van der Waals surface area contributed by atoms with Crippen molar-refractivity contribution >= 4 is 28.2 Å². The van der Waals surface area contributed by atoms with Gasteiger partial charge in [0.15, 0.2) is 0 Å². The van der Waals surface area contributed by atoms with Crippen LogP contribution in [0, 0.1) is 0 Å². The van der Waals surface area contributed by atoms with Gasteiger partial charge in [-0.3, -0.25) is 0 Å². The molecule has 118 valence electrons. The number of nitrogens with zero attached hydrogens (tertiary/aromatic N) is 1. The number of aromatic nitrogens is 1. The number of pyridine rings is 1. The summed E-state index contributed by atoms with van der Waals surface area (Å²) in [5.74, 6) is 0. The SMILES string of the molecule is NC[C@H](O)CNc1cc(-c2ccc(Cl)cc2)nc2ccccc12. The molecule has 0 saturated heterocycles. The molecule has 0 aliphatic heterocycles. The van der Waals surface area contributed by atoms with Crippen LogP contribution in [0.15, 0.2) is 54.6 Å². The first-order valence-electron chi connectivity index (χ1n) is 7.45. The summed E-state index contributed by atoms with van der Waals surface area (Å²) in [5.41, 5.74) is 9.13. The zero-order valence-electron chi connectivity index (χ0n) is 12.5. The molecule has 0 radical (unpaired) electrons. The number of anilines is 1. The van der Waals surface area contributed by atoms with E-state index in [-0.39, 0.29) is 6.54 Å². The van der Waals surface area contributed by atoms with E-state index < -0.39 is 6.10 Å². The molecule has 1 aromatic heterocycles. The highest BCUT2D eigenvalue weighted by Crippen LogP contribution is 2.28. The number of para-hydroxylation sites is 1. The molecule has 5 heteroatoms. The van der Waals surface area contributed by atoms with Crippen LogP contribution in [0.3, 0.4) is 0 Å². The van der Waals surface area contributed by atoms with Crippen molar-refractivity contribution in [2.45, 2.75) is 6.10 Å². The summed E-state index contributed by atoms with van der Waals surface area (Å²) in [5, 5.41) is 14.7. The molecule has 0 fully saturated rings. The number of hydrogen-bond donors (Lipinski definition) is 3. The van der Waals surface area contributed by atoms with Crippen molar-refractivity contribution in [1.82, 2.24) is 4.98 Å². The Morgan fingerprint density at radius 3 is 2.61 bits per heavy atom. The molecule has 0 aliphatic carbocycles. The third-order valence-electron chi connectivity index (χ3n) is 3.66. The number of benzene rings is 2. The Morgan fingerprint density at radius 1 is 1.13 bits per heavy atom. The van der Waals surface area contributed by atoms with Gasteiger partial charge in [-0.15, -0.1) is 0 Å². The molecule has 1 atom stereocenters. The topological polar surface area (TPSA) is 71.2 Å². The van der Waals surface area contributed by atoms with Crippen LogP contribution in [0.25, 0.3) is 22.2 Å². The van der Waals surface area contributed by atoms with Crippen LogP contribution in [0.2, 0.25) is 5.02 Å². The number of aliphatic hydroxyl groups is 1. The highest BCUT2D eigenvalue weighted by atomic mass is 35.5. The van der Waals surface area contributed by atoms with Gasteiger partial charge in [0.1, 0.15) is 0 Å². The highest BCUT2D eigenvalue weighted by molar-refractivity contribution is 6.30. The molecular formula is C18H18ClN3O. The van der Waals surface area contributed by atoms with Crippen molar-refractivity contribution in [2.75, 3.05) is 18.4 Å². The molecule has 4 N–H and O–H groups in total. The lowest BCUT2D eigenvalue weighted by molar-refractivity contribution is 0.196. The molecular weight excluding hydrogens is 310 g/mol. The van der Waals surface area contributed by atoms with E-state index in [1.54, 1.807) is 0 Å². The molecule has 0 aliphatic rings. The van der Waals surface area contributed by atoms with Crippen molar-refractivity contribution in [3.05, 3.63) is 59.6 Å². The maximum absolute atomic E-state index is 9.69. The quantitative estimate of drug-likeness (QED) is 0.672. The van der Waals surface area contributed by atoms with Gasteiger partial charge in [-0.05, 0) is 24.3 Å². The van der Waals surface area contributed by atoms with Crippen molar-refractivity contribution in [2.24, 2.45) is 5.73 Å². The summed E-state index contributed by atoms with van der Waals surface area (Å²) in [7, 11) is 0. The number of hydrogen-bond acceptors (Lipinski definition) is 4. The summed E-state index contributed by atoms with van der Waals surface area (Å²) < 4.78 is 0. The lowest BCUT2D eigenvalue weighted by atomic mass is 10.1. The van der Waals surface area contributed by atoms with Crippen molar-refractivity contribution in [3.63, 3.8) is 0 Å². The van der Waals surface area contributed by atoms with Crippen LogP contribution in [-0.2, 0) is 0 Å². The largest absolute Gasteiger partial charge is 0.390 e. The van der Waals surface area contributed by atoms with Gasteiger partial charge in [0.05, 0.1) is 17.3 Å². The Kier molecular flexibility index (Phi) is 4.76. The Bertz CT molecular complexity index is 805. The Balaban J connectivity index is 2.04. The molecule has 2 aromatic carbocycles. The zero-order chi connectivity index (χ0) is 16.2. The Hall–Kier alpha value is -2.14. The summed E-state index contributed by atoms with van der Waals surface area (Å²) in [4.78, 5) is 4.71. The molecule has 1 heterocycles. The van der Waals surface area contributed by atoms with Gasteiger partial charge in [-0.1, -0.05) is 41.9 Å². The van der Waals surface area contributed by atoms with E-state index in [4.69, 9.17) is 22.3 Å². The molecule has 0 saturated carbocycles. The maximum atomic E-state index is 9.69. The van der Waals surface area contributed by atoms with E-state index in [2.05, 4.69) is 5.32 Å². The maximum Gasteiger partial charge on any atom is 0.0834 e. The van der Waals surface area contributed by atoms with Crippen molar-refractivity contribution < 1.29 is 5.11 Å². The summed E-state index contributed by atoms with van der Waals surface area (Å²) >= 11 is 5.95. The van der Waals surface area contributed by atoms with Crippen LogP contribution in [0.4, 0.5) is 5.69 Å². The lowest BCUT2D eigenvalue weighted by Gasteiger charge is -2.14. The molecule has 4 nitrogen and oxygen atoms in total. The molecule has 0 spiro atoms. The van der Waals surface area contributed by atoms with E-state index in [0.29, 0.717) is 11.6 Å². The van der Waals surface area contributed by atoms with Crippen LogP contribution in [-0.4, -0.2) is 29.3 Å². The fourth-order valence-corrected chi connectivity index (χ4v) is 2.53. The van der Waals surface area contributed by atoms with Crippen molar-refractivity contribution in [3.8, 4) is 11.3 Å². The summed E-state index contributed by atoms with van der Waals surface area (Å²) in [6, 6.07) is 17.5. The number of halogens is 1. The zero-order valence-corrected chi connectivity index (χ0v) is 13.3. The van der Waals surface area contributed by atoms with Gasteiger partial charge in [0, 0.05) is 34.7 Å². The minimum Gasteiger partial charge on any atom is -0.390 e. The van der Waals surface area contributed by atoms with E-state index >= 15 is 0 Å². The van der Waals surface area contributed by atoms with Crippen LogP contribution < -0.4 is 11.1 Å². The second-order valence-corrected chi connectivity index (χ2v) is 5.79. The summed E-state index contributed by atoms with van der Waals surface area (Å²) in [6.45, 7) is 0.616. The van der Waals surface area contributed by atoms with Gasteiger partial charge in [-0.2, -0.15) is 0 Å². The molecule has 0 bridgehead atoms. The average Bonchev–Trinajstić information content (AvgIpc) is 2.59. The minimum absolute atomic E-state index is 0.222. The average molecular weight is 328 g/mol. The first kappa shape index (κ1) is 15.7. The molecule has 0 amide bonds. The number of aliphatic hydroxyl groups excluding tert-OH is 1. The minimum atomic E-state index is -0.582. The Labute approximate surface area is 139 Å². The Morgan fingerprint density at radius 2 is 1.87 bits per heavy atom. The fourth-order valence-electron chi connectivity index (χ4n) is 2.40. The van der Waals surface area contributed by atoms with Gasteiger partial charge < -0.3 is 16.2 Å². The predicted octanol–water partition coefficient (Wildman–Crippen LogP) is 3.29. The lowest BCUT2D eigenvalue weighted by Crippen LogP contribution is -2.27. The van der Waals surface area contributed by atoms with E-state index in [0.717, 1.165) is 27.8 Å². The second kappa shape index (κ2) is 6.96. The van der Waals surface area contributed by atoms with Gasteiger partial charge in [0.25, 0.3) is 0 Å². The first-order valence-corrected chi connectivity index (χ1v) is 7.83. The van der Waals surface area contributed by atoms with Crippen LogP contribution in [0.5, 0.6) is 0 Å². The van der Waals surface area contributed by atoms with E-state index in [1.165, 1.54) is 0 Å². The smallest absolute Gasteiger partial charge is 0.0834 e. The van der Waals surface area contributed by atoms with Gasteiger partial charge in [0.2, 0.25) is 0 Å². The number of nitrogens with two attached hydrogens (primary N) is 1. The fraction of sp³-hybridized carbons (Fsp3) is 0.167. The normalized spacial score (nSPS) is 12.3. The third-order valence-corrected chi connectivity index (χ3v) is 3.91. The number of fused-ring (bicyclic) bond motifs is 1. The standard InChI is InChI=1S/C18H18ClN3O/c19-13-7-5-12(6-8-13)17-9-18(21-11-14(23)10-20)15-3-1-2-4-16(15)22-17/h1-9,14,23H,10-11,20H2,(H,21,22)/t14-/m0/s1. The molecule has 3 rings (SSSR count). The second-order valence-electron chi connectivity index (χ2n) is 5.35. The molecule has 3 aromatic rings. The summed E-state index contributed by atoms with van der Waals surface area (Å²) in [6.07, 6.45) is -0.582. The molecule has 0 unspecified atom stereocenters. The predicted molar refractivity (Wildman–Crippen MR) is 95.7 cm³/mol. The highest BCUT2D eigenvalue weighted by Gasteiger charge is 2.09. The number of rotatable bonds is 5. The monoisotopic (exact) mass is 327 g/mol. The van der Waals surface area contributed by atoms with Crippen LogP contribution in [0.1, 0.15) is 0 Å². The van der Waals surface area contributed by atoms with Gasteiger partial charge >= 0.3 is 0 Å². The number of nitrogens with one attached hydrogen (secondary N) is 1. The van der Waals surface area contributed by atoms with E-state index in [9.17, 15) is 5.11 Å². The van der Waals surface area contributed by atoms with E-state index in [1.807, 2.05) is 54.6 Å². The third kappa shape index (κ3) is 3.62. The van der Waals surface area contributed by atoms with Crippen molar-refractivity contribution in [1.29, 1.82) is 0 Å².